The smallest absolute Gasteiger partial charge is 0.261 e. The van der Waals surface area contributed by atoms with Gasteiger partial charge >= 0.3 is 0 Å². The van der Waals surface area contributed by atoms with E-state index in [0.29, 0.717) is 22.9 Å². The monoisotopic (exact) mass is 390 g/mol. The maximum Gasteiger partial charge on any atom is 0.261 e. The summed E-state index contributed by atoms with van der Waals surface area (Å²) in [6.45, 7) is 4.52. The zero-order valence-electron chi connectivity index (χ0n) is 16.5. The minimum atomic E-state index is -0.282. The van der Waals surface area contributed by atoms with Crippen LogP contribution in [0, 0.1) is 17.7 Å². The molecule has 0 N–H and O–H groups in total. The number of nitrogens with zero attached hydrogens (tertiary/aromatic N) is 4. The zero-order valence-corrected chi connectivity index (χ0v) is 16.5. The standard InChI is InChI=1S/C23H23FN4O/c1-14-4-3-5-20(15(14)2)27-11-10-21-19(23(27)29)12-25-22-18(13-26-28(21)22)16-6-8-17(24)9-7-16/h6-15,20H,3-5H2,1-2H3. The molecule has 5 nitrogen and oxygen atoms in total. The molecule has 0 bridgehead atoms. The van der Waals surface area contributed by atoms with E-state index in [2.05, 4.69) is 23.9 Å². The van der Waals surface area contributed by atoms with Gasteiger partial charge in [0.05, 0.1) is 17.1 Å². The van der Waals surface area contributed by atoms with E-state index >= 15 is 0 Å². The molecule has 4 aromatic rings. The average molecular weight is 390 g/mol. The summed E-state index contributed by atoms with van der Waals surface area (Å²) in [6.07, 6.45) is 8.67. The van der Waals surface area contributed by atoms with Crippen LogP contribution < -0.4 is 5.56 Å². The quantitative estimate of drug-likeness (QED) is 0.492. The van der Waals surface area contributed by atoms with E-state index in [-0.39, 0.29) is 17.4 Å². The van der Waals surface area contributed by atoms with Crippen LogP contribution in [0.2, 0.25) is 0 Å². The number of aromatic nitrogens is 4. The Labute approximate surface area is 167 Å². The van der Waals surface area contributed by atoms with E-state index in [4.69, 9.17) is 0 Å². The van der Waals surface area contributed by atoms with Gasteiger partial charge in [-0.25, -0.2) is 13.9 Å². The Balaban J connectivity index is 1.65. The minimum absolute atomic E-state index is 0.0123. The van der Waals surface area contributed by atoms with Crippen LogP contribution >= 0.6 is 0 Å². The number of rotatable bonds is 2. The molecule has 148 valence electrons. The van der Waals surface area contributed by atoms with E-state index in [1.165, 1.54) is 18.6 Å². The second kappa shape index (κ2) is 6.79. The number of hydrogen-bond acceptors (Lipinski definition) is 3. The van der Waals surface area contributed by atoms with E-state index in [9.17, 15) is 9.18 Å². The molecule has 0 aliphatic heterocycles. The lowest BCUT2D eigenvalue weighted by Crippen LogP contribution is -2.33. The van der Waals surface area contributed by atoms with Crippen molar-refractivity contribution in [1.82, 2.24) is 19.2 Å². The van der Waals surface area contributed by atoms with Gasteiger partial charge in [-0.1, -0.05) is 38.8 Å². The van der Waals surface area contributed by atoms with Crippen molar-refractivity contribution in [1.29, 1.82) is 0 Å². The van der Waals surface area contributed by atoms with Crippen molar-refractivity contribution in [3.05, 3.63) is 65.1 Å². The van der Waals surface area contributed by atoms with Crippen molar-refractivity contribution < 1.29 is 4.39 Å². The molecule has 0 saturated heterocycles. The molecule has 1 aromatic carbocycles. The van der Waals surface area contributed by atoms with Crippen LogP contribution in [0.4, 0.5) is 4.39 Å². The molecule has 3 aromatic heterocycles. The first-order valence-corrected chi connectivity index (χ1v) is 10.2. The number of fused-ring (bicyclic) bond motifs is 3. The zero-order chi connectivity index (χ0) is 20.1. The Hall–Kier alpha value is -3.02. The number of pyridine rings is 1. The highest BCUT2D eigenvalue weighted by atomic mass is 19.1. The molecule has 1 fully saturated rings. The van der Waals surface area contributed by atoms with Gasteiger partial charge in [0.1, 0.15) is 5.82 Å². The van der Waals surface area contributed by atoms with Crippen LogP contribution in [-0.2, 0) is 0 Å². The lowest BCUT2D eigenvalue weighted by atomic mass is 9.78. The lowest BCUT2D eigenvalue weighted by Gasteiger charge is -2.35. The van der Waals surface area contributed by atoms with Gasteiger partial charge in [0.15, 0.2) is 5.65 Å². The molecule has 29 heavy (non-hydrogen) atoms. The van der Waals surface area contributed by atoms with Crippen molar-refractivity contribution in [3.63, 3.8) is 0 Å². The van der Waals surface area contributed by atoms with Crippen LogP contribution in [0.25, 0.3) is 27.7 Å². The van der Waals surface area contributed by atoms with Crippen LogP contribution in [-0.4, -0.2) is 19.2 Å². The second-order valence-electron chi connectivity index (χ2n) is 8.22. The molecule has 3 atom stereocenters. The lowest BCUT2D eigenvalue weighted by molar-refractivity contribution is 0.183. The fraction of sp³-hybridized carbons (Fsp3) is 0.348. The van der Waals surface area contributed by atoms with Crippen molar-refractivity contribution in [3.8, 4) is 11.1 Å². The number of benzene rings is 1. The molecule has 6 heteroatoms. The third-order valence-corrected chi connectivity index (χ3v) is 6.60. The molecule has 5 rings (SSSR count). The Morgan fingerprint density at radius 2 is 1.86 bits per heavy atom. The molecule has 1 aliphatic rings. The van der Waals surface area contributed by atoms with Crippen LogP contribution in [0.1, 0.15) is 39.2 Å². The normalized spacial score (nSPS) is 22.4. The molecule has 0 spiro atoms. The summed E-state index contributed by atoms with van der Waals surface area (Å²) in [5.41, 5.74) is 3.03. The first kappa shape index (κ1) is 18.0. The highest BCUT2D eigenvalue weighted by Gasteiger charge is 2.29. The second-order valence-corrected chi connectivity index (χ2v) is 8.22. The summed E-state index contributed by atoms with van der Waals surface area (Å²) in [7, 11) is 0. The van der Waals surface area contributed by atoms with Gasteiger partial charge in [-0.05, 0) is 42.0 Å². The van der Waals surface area contributed by atoms with Crippen molar-refractivity contribution in [2.45, 2.75) is 39.2 Å². The SMILES string of the molecule is CC1CCCC(n2ccc3c(cnc4c(-c5ccc(F)cc5)cnn43)c2=O)C1C. The molecule has 1 aliphatic carbocycles. The number of halogens is 1. The topological polar surface area (TPSA) is 52.2 Å². The van der Waals surface area contributed by atoms with Crippen LogP contribution in [0.5, 0.6) is 0 Å². The summed E-state index contributed by atoms with van der Waals surface area (Å²) in [5, 5.41) is 5.04. The Morgan fingerprint density at radius 1 is 1.07 bits per heavy atom. The molecule has 1 saturated carbocycles. The van der Waals surface area contributed by atoms with E-state index in [1.54, 1.807) is 29.0 Å². The number of hydrogen-bond donors (Lipinski definition) is 0. The summed E-state index contributed by atoms with van der Waals surface area (Å²) in [6, 6.07) is 8.44. The Morgan fingerprint density at radius 3 is 2.66 bits per heavy atom. The van der Waals surface area contributed by atoms with Gasteiger partial charge in [0.2, 0.25) is 0 Å². The highest BCUT2D eigenvalue weighted by molar-refractivity contribution is 5.85. The molecular weight excluding hydrogens is 367 g/mol. The maximum absolute atomic E-state index is 13.3. The fourth-order valence-electron chi connectivity index (χ4n) is 4.67. The van der Waals surface area contributed by atoms with E-state index < -0.39 is 0 Å². The van der Waals surface area contributed by atoms with Gasteiger partial charge in [-0.3, -0.25) is 4.79 Å². The Kier molecular flexibility index (Phi) is 4.23. The summed E-state index contributed by atoms with van der Waals surface area (Å²) >= 11 is 0. The molecule has 0 amide bonds. The summed E-state index contributed by atoms with van der Waals surface area (Å²) in [4.78, 5) is 17.8. The van der Waals surface area contributed by atoms with E-state index in [1.807, 2.05) is 16.8 Å². The molecular formula is C23H23FN4O. The van der Waals surface area contributed by atoms with Crippen LogP contribution in [0.3, 0.4) is 0 Å². The summed E-state index contributed by atoms with van der Waals surface area (Å²) in [5.74, 6) is 0.794. The Bertz CT molecular complexity index is 1260. The molecule has 3 unspecified atom stereocenters. The van der Waals surface area contributed by atoms with Gasteiger partial charge in [-0.2, -0.15) is 5.10 Å². The molecule has 0 radical (unpaired) electrons. The van der Waals surface area contributed by atoms with Gasteiger partial charge in [-0.15, -0.1) is 0 Å². The highest BCUT2D eigenvalue weighted by Crippen LogP contribution is 2.37. The average Bonchev–Trinajstić information content (AvgIpc) is 3.16. The van der Waals surface area contributed by atoms with Gasteiger partial charge in [0, 0.05) is 24.0 Å². The first-order valence-electron chi connectivity index (χ1n) is 10.2. The van der Waals surface area contributed by atoms with Gasteiger partial charge in [0.25, 0.3) is 5.56 Å². The van der Waals surface area contributed by atoms with E-state index in [0.717, 1.165) is 29.5 Å². The predicted octanol–water partition coefficient (Wildman–Crippen LogP) is 4.85. The third-order valence-electron chi connectivity index (χ3n) is 6.60. The third kappa shape index (κ3) is 2.85. The maximum atomic E-state index is 13.3. The molecule has 3 heterocycles. The fourth-order valence-corrected chi connectivity index (χ4v) is 4.67. The predicted molar refractivity (Wildman–Crippen MR) is 111 cm³/mol. The first-order chi connectivity index (χ1) is 14.0. The summed E-state index contributed by atoms with van der Waals surface area (Å²) < 4.78 is 16.9. The van der Waals surface area contributed by atoms with Crippen molar-refractivity contribution in [2.75, 3.05) is 0 Å². The minimum Gasteiger partial charge on any atom is -0.311 e. The van der Waals surface area contributed by atoms with Crippen molar-refractivity contribution in [2.24, 2.45) is 11.8 Å². The van der Waals surface area contributed by atoms with Crippen LogP contribution in [0.15, 0.2) is 53.7 Å². The van der Waals surface area contributed by atoms with Crippen molar-refractivity contribution >= 4 is 16.6 Å². The largest absolute Gasteiger partial charge is 0.311 e. The van der Waals surface area contributed by atoms with Gasteiger partial charge < -0.3 is 4.57 Å².